The van der Waals surface area contributed by atoms with Crippen molar-refractivity contribution in [3.8, 4) is 0 Å². The molecule has 0 aromatic heterocycles. The second-order valence-electron chi connectivity index (χ2n) is 5.61. The molecule has 100 valence electrons. The summed E-state index contributed by atoms with van der Waals surface area (Å²) >= 11 is 0. The van der Waals surface area contributed by atoms with Crippen LogP contribution in [0.15, 0.2) is 0 Å². The van der Waals surface area contributed by atoms with E-state index < -0.39 is 8.24 Å². The number of amides is 1. The Morgan fingerprint density at radius 1 is 1.18 bits per heavy atom. The van der Waals surface area contributed by atoms with Gasteiger partial charge in [0.15, 0.2) is 0 Å². The van der Waals surface area contributed by atoms with E-state index in [0.29, 0.717) is 6.61 Å². The van der Waals surface area contributed by atoms with Crippen molar-refractivity contribution < 1.29 is 9.53 Å². The highest BCUT2D eigenvalue weighted by molar-refractivity contribution is 6.73. The Labute approximate surface area is 106 Å². The fourth-order valence-corrected chi connectivity index (χ4v) is 3.50. The standard InChI is InChI=1S/C12H26N2O2Si/c1-5-6-11-16-12(15)13-7-9-14(10-8-13)17(2,3)4/h5-11H2,1-4H3. The molecule has 1 saturated heterocycles. The maximum absolute atomic E-state index is 11.7. The smallest absolute Gasteiger partial charge is 0.409 e. The van der Waals surface area contributed by atoms with Gasteiger partial charge in [0.1, 0.15) is 8.24 Å². The molecule has 1 aliphatic rings. The number of ether oxygens (including phenoxy) is 1. The quantitative estimate of drug-likeness (QED) is 0.573. The van der Waals surface area contributed by atoms with Gasteiger partial charge in [0.2, 0.25) is 0 Å². The highest BCUT2D eigenvalue weighted by atomic mass is 28.3. The van der Waals surface area contributed by atoms with Crippen LogP contribution in [0.5, 0.6) is 0 Å². The van der Waals surface area contributed by atoms with Crippen molar-refractivity contribution in [3.63, 3.8) is 0 Å². The van der Waals surface area contributed by atoms with Gasteiger partial charge < -0.3 is 14.2 Å². The van der Waals surface area contributed by atoms with Gasteiger partial charge in [0, 0.05) is 26.2 Å². The largest absolute Gasteiger partial charge is 0.449 e. The van der Waals surface area contributed by atoms with E-state index in [4.69, 9.17) is 4.74 Å². The maximum Gasteiger partial charge on any atom is 0.409 e. The van der Waals surface area contributed by atoms with Crippen molar-refractivity contribution in [2.45, 2.75) is 39.4 Å². The van der Waals surface area contributed by atoms with Crippen LogP contribution < -0.4 is 0 Å². The van der Waals surface area contributed by atoms with Gasteiger partial charge in [-0.25, -0.2) is 4.79 Å². The summed E-state index contributed by atoms with van der Waals surface area (Å²) < 4.78 is 7.77. The van der Waals surface area contributed by atoms with Gasteiger partial charge in [-0.05, 0) is 6.42 Å². The molecule has 0 saturated carbocycles. The third-order valence-corrected chi connectivity index (χ3v) is 5.55. The highest BCUT2D eigenvalue weighted by Gasteiger charge is 2.29. The predicted molar refractivity (Wildman–Crippen MR) is 72.7 cm³/mol. The van der Waals surface area contributed by atoms with Crippen LogP contribution in [-0.4, -0.2) is 56.6 Å². The van der Waals surface area contributed by atoms with E-state index in [1.807, 2.05) is 4.90 Å². The Hall–Kier alpha value is -0.553. The third-order valence-electron chi connectivity index (χ3n) is 3.21. The van der Waals surface area contributed by atoms with Gasteiger partial charge in [-0.2, -0.15) is 0 Å². The number of nitrogens with zero attached hydrogens (tertiary/aromatic N) is 2. The molecule has 0 atom stereocenters. The SMILES string of the molecule is CCCCOC(=O)N1CCN([Si](C)(C)C)CC1. The zero-order valence-electron chi connectivity index (χ0n) is 11.7. The van der Waals surface area contributed by atoms with E-state index in [-0.39, 0.29) is 6.09 Å². The molecular formula is C12H26N2O2Si. The number of piperazine rings is 1. The monoisotopic (exact) mass is 258 g/mol. The summed E-state index contributed by atoms with van der Waals surface area (Å²) in [5.41, 5.74) is 0. The van der Waals surface area contributed by atoms with E-state index in [9.17, 15) is 4.79 Å². The molecule has 0 aromatic carbocycles. The summed E-state index contributed by atoms with van der Waals surface area (Å²) in [5.74, 6) is 0. The second-order valence-corrected chi connectivity index (χ2v) is 10.6. The van der Waals surface area contributed by atoms with Crippen LogP contribution >= 0.6 is 0 Å². The predicted octanol–water partition coefficient (Wildman–Crippen LogP) is 2.38. The van der Waals surface area contributed by atoms with Gasteiger partial charge in [-0.15, -0.1) is 0 Å². The van der Waals surface area contributed by atoms with Gasteiger partial charge in [0.25, 0.3) is 0 Å². The Balaban J connectivity index is 2.29. The van der Waals surface area contributed by atoms with Gasteiger partial charge in [-0.3, -0.25) is 0 Å². The normalized spacial score (nSPS) is 18.2. The lowest BCUT2D eigenvalue weighted by Crippen LogP contribution is -2.57. The second kappa shape index (κ2) is 6.40. The molecule has 1 amide bonds. The average molecular weight is 258 g/mol. The van der Waals surface area contributed by atoms with E-state index in [2.05, 4.69) is 31.1 Å². The number of rotatable bonds is 4. The Morgan fingerprint density at radius 2 is 1.76 bits per heavy atom. The topological polar surface area (TPSA) is 32.8 Å². The number of carbonyl (C=O) groups excluding carboxylic acids is 1. The van der Waals surface area contributed by atoms with Crippen molar-refractivity contribution >= 4 is 14.3 Å². The van der Waals surface area contributed by atoms with Gasteiger partial charge in [0.05, 0.1) is 6.61 Å². The fourth-order valence-electron chi connectivity index (χ4n) is 1.95. The molecule has 0 aromatic rings. The van der Waals surface area contributed by atoms with Crippen molar-refractivity contribution in [1.82, 2.24) is 9.47 Å². The van der Waals surface area contributed by atoms with Crippen molar-refractivity contribution in [3.05, 3.63) is 0 Å². The van der Waals surface area contributed by atoms with Crippen LogP contribution in [0.1, 0.15) is 19.8 Å². The summed E-state index contributed by atoms with van der Waals surface area (Å²) in [6, 6.07) is 0. The lowest BCUT2D eigenvalue weighted by atomic mass is 10.4. The maximum atomic E-state index is 11.7. The lowest BCUT2D eigenvalue weighted by Gasteiger charge is -2.40. The Bertz CT molecular complexity index is 245. The Morgan fingerprint density at radius 3 is 2.24 bits per heavy atom. The number of carbonyl (C=O) groups is 1. The van der Waals surface area contributed by atoms with Crippen LogP contribution in [-0.2, 0) is 4.74 Å². The fraction of sp³-hybridized carbons (Fsp3) is 0.917. The molecule has 17 heavy (non-hydrogen) atoms. The number of hydrogen-bond donors (Lipinski definition) is 0. The first-order chi connectivity index (χ1) is 7.95. The number of unbranched alkanes of at least 4 members (excludes halogenated alkanes) is 1. The minimum Gasteiger partial charge on any atom is -0.449 e. The molecule has 5 heteroatoms. The van der Waals surface area contributed by atoms with Gasteiger partial charge >= 0.3 is 6.09 Å². The summed E-state index contributed by atoms with van der Waals surface area (Å²) in [6.45, 7) is 13.3. The molecule has 0 radical (unpaired) electrons. The zero-order chi connectivity index (χ0) is 12.9. The highest BCUT2D eigenvalue weighted by Crippen LogP contribution is 2.13. The molecule has 0 N–H and O–H groups in total. The van der Waals surface area contributed by atoms with Crippen LogP contribution in [0.4, 0.5) is 4.79 Å². The van der Waals surface area contributed by atoms with E-state index in [1.54, 1.807) is 0 Å². The lowest BCUT2D eigenvalue weighted by molar-refractivity contribution is 0.0872. The van der Waals surface area contributed by atoms with Gasteiger partial charge in [-0.1, -0.05) is 33.0 Å². The van der Waals surface area contributed by atoms with Crippen molar-refractivity contribution in [1.29, 1.82) is 0 Å². The third kappa shape index (κ3) is 4.67. The molecule has 1 heterocycles. The molecular weight excluding hydrogens is 232 g/mol. The molecule has 0 spiro atoms. The zero-order valence-corrected chi connectivity index (χ0v) is 12.7. The number of hydrogen-bond acceptors (Lipinski definition) is 3. The first kappa shape index (κ1) is 14.5. The molecule has 4 nitrogen and oxygen atoms in total. The Kier molecular flexibility index (Phi) is 5.46. The molecule has 0 bridgehead atoms. The minimum atomic E-state index is -1.20. The average Bonchev–Trinajstić information content (AvgIpc) is 2.28. The van der Waals surface area contributed by atoms with E-state index in [0.717, 1.165) is 39.0 Å². The van der Waals surface area contributed by atoms with Crippen LogP contribution in [0, 0.1) is 0 Å². The van der Waals surface area contributed by atoms with Crippen molar-refractivity contribution in [2.24, 2.45) is 0 Å². The molecule has 0 aliphatic carbocycles. The summed E-state index contributed by atoms with van der Waals surface area (Å²) in [7, 11) is -1.20. The molecule has 1 rings (SSSR count). The van der Waals surface area contributed by atoms with Crippen LogP contribution in [0.3, 0.4) is 0 Å². The van der Waals surface area contributed by atoms with Crippen LogP contribution in [0.2, 0.25) is 19.6 Å². The molecule has 1 aliphatic heterocycles. The van der Waals surface area contributed by atoms with E-state index >= 15 is 0 Å². The van der Waals surface area contributed by atoms with Crippen LogP contribution in [0.25, 0.3) is 0 Å². The minimum absolute atomic E-state index is 0.131. The molecule has 1 fully saturated rings. The van der Waals surface area contributed by atoms with Crippen molar-refractivity contribution in [2.75, 3.05) is 32.8 Å². The first-order valence-electron chi connectivity index (χ1n) is 6.62. The summed E-state index contributed by atoms with van der Waals surface area (Å²) in [5, 5.41) is 0. The molecule has 0 unspecified atom stereocenters. The summed E-state index contributed by atoms with van der Waals surface area (Å²) in [4.78, 5) is 13.6. The first-order valence-corrected chi connectivity index (χ1v) is 10.1. The van der Waals surface area contributed by atoms with E-state index in [1.165, 1.54) is 0 Å². The summed E-state index contributed by atoms with van der Waals surface area (Å²) in [6.07, 6.45) is 1.89.